The monoisotopic (exact) mass is 190 g/mol. The lowest BCUT2D eigenvalue weighted by Crippen LogP contribution is -1.94. The average Bonchev–Trinajstić information content (AvgIpc) is 2.57. The minimum absolute atomic E-state index is 0.735. The molecule has 0 aliphatic carbocycles. The van der Waals surface area contributed by atoms with E-state index in [0.717, 1.165) is 22.5 Å². The number of benzene rings is 1. The molecule has 0 aliphatic heterocycles. The first kappa shape index (κ1) is 8.13. The Morgan fingerprint density at radius 1 is 1.00 bits per heavy atom. The Labute approximate surface area is 80.8 Å². The first-order valence-corrected chi connectivity index (χ1v) is 4.90. The van der Waals surface area contributed by atoms with Crippen LogP contribution < -0.4 is 11.5 Å². The Bertz CT molecular complexity index is 387. The number of rotatable bonds is 1. The largest absolute Gasteiger partial charge is 0.398 e. The predicted octanol–water partition coefficient (Wildman–Crippen LogP) is 2.58. The maximum Gasteiger partial charge on any atom is 0.0414 e. The second kappa shape index (κ2) is 3.11. The molecule has 0 radical (unpaired) electrons. The van der Waals surface area contributed by atoms with Gasteiger partial charge in [-0.15, -0.1) is 0 Å². The highest BCUT2D eigenvalue weighted by atomic mass is 32.1. The molecule has 13 heavy (non-hydrogen) atoms. The van der Waals surface area contributed by atoms with Crippen molar-refractivity contribution in [2.24, 2.45) is 0 Å². The van der Waals surface area contributed by atoms with Crippen molar-refractivity contribution in [2.75, 3.05) is 11.5 Å². The maximum absolute atomic E-state index is 5.84. The summed E-state index contributed by atoms with van der Waals surface area (Å²) >= 11 is 1.64. The van der Waals surface area contributed by atoms with Gasteiger partial charge in [0.15, 0.2) is 0 Å². The van der Waals surface area contributed by atoms with Crippen molar-refractivity contribution in [3.05, 3.63) is 35.0 Å². The Balaban J connectivity index is 2.64. The topological polar surface area (TPSA) is 52.0 Å². The molecule has 2 rings (SSSR count). The molecule has 0 aliphatic rings. The van der Waals surface area contributed by atoms with Gasteiger partial charge < -0.3 is 11.5 Å². The molecule has 1 heterocycles. The molecule has 0 unspecified atom stereocenters. The molecule has 0 spiro atoms. The minimum atomic E-state index is 0.735. The molecule has 0 saturated heterocycles. The van der Waals surface area contributed by atoms with Gasteiger partial charge in [-0.05, 0) is 34.5 Å². The standard InChI is InChI=1S/C10H10N2S/c11-8-2-1-3-9(12)10(8)7-4-5-13-6-7/h1-6H,11-12H2. The molecule has 0 bridgehead atoms. The summed E-state index contributed by atoms with van der Waals surface area (Å²) in [4.78, 5) is 0. The molecular formula is C10H10N2S. The van der Waals surface area contributed by atoms with Crippen molar-refractivity contribution in [1.29, 1.82) is 0 Å². The molecule has 0 saturated carbocycles. The van der Waals surface area contributed by atoms with E-state index >= 15 is 0 Å². The van der Waals surface area contributed by atoms with Crippen molar-refractivity contribution in [1.82, 2.24) is 0 Å². The highest BCUT2D eigenvalue weighted by Gasteiger charge is 2.05. The van der Waals surface area contributed by atoms with Crippen LogP contribution in [0.15, 0.2) is 35.0 Å². The van der Waals surface area contributed by atoms with Gasteiger partial charge in [0.25, 0.3) is 0 Å². The van der Waals surface area contributed by atoms with E-state index in [4.69, 9.17) is 11.5 Å². The molecular weight excluding hydrogens is 180 g/mol. The number of nitrogen functional groups attached to an aromatic ring is 2. The molecule has 0 atom stereocenters. The molecule has 0 amide bonds. The predicted molar refractivity (Wildman–Crippen MR) is 58.6 cm³/mol. The van der Waals surface area contributed by atoms with E-state index in [9.17, 15) is 0 Å². The zero-order valence-corrected chi connectivity index (χ0v) is 7.84. The summed E-state index contributed by atoms with van der Waals surface area (Å²) in [6.45, 7) is 0. The molecule has 2 aromatic rings. The van der Waals surface area contributed by atoms with Crippen LogP contribution in [0.5, 0.6) is 0 Å². The van der Waals surface area contributed by atoms with Gasteiger partial charge in [0, 0.05) is 16.9 Å². The molecule has 1 aromatic heterocycles. The molecule has 3 heteroatoms. The maximum atomic E-state index is 5.84. The van der Waals surface area contributed by atoms with Gasteiger partial charge in [0.1, 0.15) is 0 Å². The number of hydrogen-bond acceptors (Lipinski definition) is 3. The van der Waals surface area contributed by atoms with Gasteiger partial charge in [-0.1, -0.05) is 6.07 Å². The fourth-order valence-corrected chi connectivity index (χ4v) is 1.98. The van der Waals surface area contributed by atoms with Crippen LogP contribution in [0.25, 0.3) is 11.1 Å². The van der Waals surface area contributed by atoms with Crippen molar-refractivity contribution in [3.63, 3.8) is 0 Å². The Morgan fingerprint density at radius 2 is 1.69 bits per heavy atom. The second-order valence-corrected chi connectivity index (χ2v) is 3.60. The summed E-state index contributed by atoms with van der Waals surface area (Å²) in [5, 5.41) is 4.06. The fraction of sp³-hybridized carbons (Fsp3) is 0. The van der Waals surface area contributed by atoms with Crippen LogP contribution in [0.1, 0.15) is 0 Å². The summed E-state index contributed by atoms with van der Waals surface area (Å²) in [5.41, 5.74) is 15.2. The zero-order valence-electron chi connectivity index (χ0n) is 7.03. The summed E-state index contributed by atoms with van der Waals surface area (Å²) in [6.07, 6.45) is 0. The van der Waals surface area contributed by atoms with Crippen LogP contribution >= 0.6 is 11.3 Å². The summed E-state index contributed by atoms with van der Waals surface area (Å²) < 4.78 is 0. The van der Waals surface area contributed by atoms with Gasteiger partial charge in [-0.2, -0.15) is 11.3 Å². The highest BCUT2D eigenvalue weighted by molar-refractivity contribution is 7.08. The van der Waals surface area contributed by atoms with Crippen LogP contribution in [0.4, 0.5) is 11.4 Å². The Hall–Kier alpha value is -1.48. The van der Waals surface area contributed by atoms with Crippen LogP contribution in [-0.4, -0.2) is 0 Å². The van der Waals surface area contributed by atoms with E-state index in [0.29, 0.717) is 0 Å². The van der Waals surface area contributed by atoms with E-state index in [1.165, 1.54) is 0 Å². The van der Waals surface area contributed by atoms with Crippen LogP contribution in [0, 0.1) is 0 Å². The van der Waals surface area contributed by atoms with Gasteiger partial charge in [0.05, 0.1) is 0 Å². The summed E-state index contributed by atoms with van der Waals surface area (Å²) in [6, 6.07) is 7.61. The fourth-order valence-electron chi connectivity index (χ4n) is 1.33. The SMILES string of the molecule is Nc1cccc(N)c1-c1ccsc1. The molecule has 1 aromatic carbocycles. The molecule has 4 N–H and O–H groups in total. The average molecular weight is 190 g/mol. The van der Waals surface area contributed by atoms with Crippen LogP contribution in [0.2, 0.25) is 0 Å². The normalized spacial score (nSPS) is 10.2. The lowest BCUT2D eigenvalue weighted by atomic mass is 10.1. The van der Waals surface area contributed by atoms with E-state index in [2.05, 4.69) is 0 Å². The van der Waals surface area contributed by atoms with Gasteiger partial charge in [-0.3, -0.25) is 0 Å². The summed E-state index contributed by atoms with van der Waals surface area (Å²) in [7, 11) is 0. The lowest BCUT2D eigenvalue weighted by molar-refractivity contribution is 1.64. The quantitative estimate of drug-likeness (QED) is 0.679. The molecule has 0 fully saturated rings. The van der Waals surface area contributed by atoms with E-state index in [1.54, 1.807) is 11.3 Å². The van der Waals surface area contributed by atoms with E-state index in [-0.39, 0.29) is 0 Å². The third kappa shape index (κ3) is 1.38. The first-order chi connectivity index (χ1) is 6.29. The molecule has 2 nitrogen and oxygen atoms in total. The van der Waals surface area contributed by atoms with Crippen LogP contribution in [0.3, 0.4) is 0 Å². The Morgan fingerprint density at radius 3 is 2.23 bits per heavy atom. The van der Waals surface area contributed by atoms with Crippen molar-refractivity contribution in [3.8, 4) is 11.1 Å². The first-order valence-electron chi connectivity index (χ1n) is 3.95. The van der Waals surface area contributed by atoms with Gasteiger partial charge in [-0.25, -0.2) is 0 Å². The Kier molecular flexibility index (Phi) is 1.94. The minimum Gasteiger partial charge on any atom is -0.398 e. The summed E-state index contributed by atoms with van der Waals surface area (Å²) in [5.74, 6) is 0. The highest BCUT2D eigenvalue weighted by Crippen LogP contribution is 2.32. The van der Waals surface area contributed by atoms with Crippen LogP contribution in [-0.2, 0) is 0 Å². The van der Waals surface area contributed by atoms with Crippen molar-refractivity contribution < 1.29 is 0 Å². The number of hydrogen-bond donors (Lipinski definition) is 2. The third-order valence-corrected chi connectivity index (χ3v) is 2.62. The smallest absolute Gasteiger partial charge is 0.0414 e. The van der Waals surface area contributed by atoms with Gasteiger partial charge >= 0.3 is 0 Å². The van der Waals surface area contributed by atoms with E-state index < -0.39 is 0 Å². The van der Waals surface area contributed by atoms with Gasteiger partial charge in [0.2, 0.25) is 0 Å². The van der Waals surface area contributed by atoms with Crippen molar-refractivity contribution in [2.45, 2.75) is 0 Å². The second-order valence-electron chi connectivity index (χ2n) is 2.82. The number of nitrogens with two attached hydrogens (primary N) is 2. The lowest BCUT2D eigenvalue weighted by Gasteiger charge is -2.06. The molecule has 66 valence electrons. The third-order valence-electron chi connectivity index (χ3n) is 1.94. The number of anilines is 2. The number of thiophene rings is 1. The van der Waals surface area contributed by atoms with E-state index in [1.807, 2.05) is 35.0 Å². The van der Waals surface area contributed by atoms with Crippen molar-refractivity contribution >= 4 is 22.7 Å². The zero-order chi connectivity index (χ0) is 9.26.